The minimum Gasteiger partial charge on any atom is -0.363 e. The summed E-state index contributed by atoms with van der Waals surface area (Å²) >= 11 is 1.61. The van der Waals surface area contributed by atoms with Crippen molar-refractivity contribution < 1.29 is 13.3 Å². The van der Waals surface area contributed by atoms with Gasteiger partial charge in [0, 0.05) is 43.8 Å². The number of hydrogen-bond donors (Lipinski definition) is 1. The Hall–Kier alpha value is -2.08. The smallest absolute Gasteiger partial charge is 0.293 e. The average molecular weight is 397 g/mol. The summed E-state index contributed by atoms with van der Waals surface area (Å²) in [5.74, 6) is 0. The monoisotopic (exact) mass is 397 g/mol. The van der Waals surface area contributed by atoms with Crippen molar-refractivity contribution in [3.8, 4) is 0 Å². The molecule has 3 rings (SSSR count). The van der Waals surface area contributed by atoms with Gasteiger partial charge in [-0.1, -0.05) is 0 Å². The van der Waals surface area contributed by atoms with Gasteiger partial charge in [-0.2, -0.15) is 0 Å². The second kappa shape index (κ2) is 7.27. The molecule has 26 heavy (non-hydrogen) atoms. The number of aromatic nitrogens is 1. The highest BCUT2D eigenvalue weighted by molar-refractivity contribution is 7.89. The Morgan fingerprint density at radius 3 is 2.54 bits per heavy atom. The largest absolute Gasteiger partial charge is 0.363 e. The molecule has 140 valence electrons. The number of anilines is 1. The lowest BCUT2D eigenvalue weighted by Gasteiger charge is -2.38. The molecule has 1 aliphatic heterocycles. The van der Waals surface area contributed by atoms with Gasteiger partial charge in [-0.05, 0) is 19.1 Å². The van der Waals surface area contributed by atoms with Crippen LogP contribution in [0.15, 0.2) is 34.7 Å². The SMILES string of the molecule is CC(c1nccs1)N1CCN(c2ccc(S(N)(=O)=O)cc2[N+](=O)[O-])CC1. The number of piperazine rings is 1. The zero-order valence-electron chi connectivity index (χ0n) is 14.1. The summed E-state index contributed by atoms with van der Waals surface area (Å²) in [7, 11) is -3.99. The molecule has 1 aliphatic rings. The first-order chi connectivity index (χ1) is 12.3. The summed E-state index contributed by atoms with van der Waals surface area (Å²) in [5.41, 5.74) is 0.155. The Bertz CT molecular complexity index is 893. The molecule has 2 aromatic rings. The number of hydrogen-bond acceptors (Lipinski definition) is 8. The number of sulfonamides is 1. The van der Waals surface area contributed by atoms with Crippen molar-refractivity contribution in [1.29, 1.82) is 0 Å². The first-order valence-electron chi connectivity index (χ1n) is 7.97. The molecule has 1 saturated heterocycles. The lowest BCUT2D eigenvalue weighted by Crippen LogP contribution is -2.47. The van der Waals surface area contributed by atoms with Crippen LogP contribution in [0.3, 0.4) is 0 Å². The Kier molecular flexibility index (Phi) is 5.23. The van der Waals surface area contributed by atoms with Gasteiger partial charge < -0.3 is 4.90 Å². The number of benzene rings is 1. The highest BCUT2D eigenvalue weighted by Gasteiger charge is 2.28. The molecule has 1 aromatic carbocycles. The molecule has 1 aromatic heterocycles. The van der Waals surface area contributed by atoms with Crippen LogP contribution in [0.25, 0.3) is 0 Å². The molecular formula is C15H19N5O4S2. The molecule has 1 fully saturated rings. The van der Waals surface area contributed by atoms with E-state index in [1.165, 1.54) is 12.1 Å². The van der Waals surface area contributed by atoms with E-state index in [0.717, 1.165) is 24.2 Å². The summed E-state index contributed by atoms with van der Waals surface area (Å²) in [6.45, 7) is 4.76. The van der Waals surface area contributed by atoms with Crippen LogP contribution in [0.1, 0.15) is 18.0 Å². The minimum absolute atomic E-state index is 0.192. The fraction of sp³-hybridized carbons (Fsp3) is 0.400. The quantitative estimate of drug-likeness (QED) is 0.600. The van der Waals surface area contributed by atoms with Crippen LogP contribution < -0.4 is 10.0 Å². The third kappa shape index (κ3) is 3.85. The van der Waals surface area contributed by atoms with E-state index in [0.29, 0.717) is 18.8 Å². The Morgan fingerprint density at radius 1 is 1.31 bits per heavy atom. The molecule has 11 heteroatoms. The Balaban J connectivity index is 1.78. The fourth-order valence-corrected chi connectivity index (χ4v) is 4.30. The van der Waals surface area contributed by atoms with Gasteiger partial charge in [0.25, 0.3) is 5.69 Å². The van der Waals surface area contributed by atoms with Crippen molar-refractivity contribution in [3.63, 3.8) is 0 Å². The van der Waals surface area contributed by atoms with E-state index in [4.69, 9.17) is 5.14 Å². The third-order valence-electron chi connectivity index (χ3n) is 4.48. The van der Waals surface area contributed by atoms with Crippen molar-refractivity contribution in [2.75, 3.05) is 31.1 Å². The maximum Gasteiger partial charge on any atom is 0.293 e. The summed E-state index contributed by atoms with van der Waals surface area (Å²) < 4.78 is 22.9. The van der Waals surface area contributed by atoms with E-state index in [9.17, 15) is 18.5 Å². The van der Waals surface area contributed by atoms with Crippen LogP contribution in [0.2, 0.25) is 0 Å². The van der Waals surface area contributed by atoms with Gasteiger partial charge in [-0.25, -0.2) is 18.5 Å². The van der Waals surface area contributed by atoms with Crippen LogP contribution in [-0.4, -0.2) is 49.4 Å². The molecule has 2 N–H and O–H groups in total. The number of nitrogens with two attached hydrogens (primary N) is 1. The molecule has 0 saturated carbocycles. The van der Waals surface area contributed by atoms with Crippen LogP contribution in [0.5, 0.6) is 0 Å². The van der Waals surface area contributed by atoms with Crippen molar-refractivity contribution >= 4 is 32.7 Å². The van der Waals surface area contributed by atoms with E-state index in [-0.39, 0.29) is 16.6 Å². The molecule has 0 radical (unpaired) electrons. The zero-order valence-corrected chi connectivity index (χ0v) is 15.7. The molecule has 1 unspecified atom stereocenters. The van der Waals surface area contributed by atoms with Gasteiger partial charge in [0.2, 0.25) is 10.0 Å². The molecular weight excluding hydrogens is 378 g/mol. The van der Waals surface area contributed by atoms with Crippen LogP contribution in [-0.2, 0) is 10.0 Å². The summed E-state index contributed by atoms with van der Waals surface area (Å²) in [6, 6.07) is 3.98. The highest BCUT2D eigenvalue weighted by atomic mass is 32.2. The number of primary sulfonamides is 1. The standard InChI is InChI=1S/C15H19N5O4S2/c1-11(15-17-4-9-25-15)18-5-7-19(8-6-18)13-3-2-12(26(16,23)24)10-14(13)20(21)22/h2-4,9-11H,5-8H2,1H3,(H2,16,23,24). The van der Waals surface area contributed by atoms with Gasteiger partial charge >= 0.3 is 0 Å². The van der Waals surface area contributed by atoms with Gasteiger partial charge in [-0.3, -0.25) is 15.0 Å². The lowest BCUT2D eigenvalue weighted by molar-refractivity contribution is -0.384. The second-order valence-electron chi connectivity index (χ2n) is 6.02. The Morgan fingerprint density at radius 2 is 2.00 bits per heavy atom. The fourth-order valence-electron chi connectivity index (χ4n) is 3.04. The number of nitro groups is 1. The van der Waals surface area contributed by atoms with Crippen LogP contribution >= 0.6 is 11.3 Å². The predicted molar refractivity (Wildman–Crippen MR) is 98.8 cm³/mol. The van der Waals surface area contributed by atoms with Gasteiger partial charge in [0.1, 0.15) is 10.7 Å². The molecule has 0 amide bonds. The van der Waals surface area contributed by atoms with Gasteiger partial charge in [0.15, 0.2) is 0 Å². The molecule has 0 spiro atoms. The molecule has 0 aliphatic carbocycles. The molecule has 9 nitrogen and oxygen atoms in total. The van der Waals surface area contributed by atoms with Crippen LogP contribution in [0, 0.1) is 10.1 Å². The Labute approximate surface area is 155 Å². The van der Waals surface area contributed by atoms with Gasteiger partial charge in [-0.15, -0.1) is 11.3 Å². The number of nitro benzene ring substituents is 1. The summed E-state index contributed by atoms with van der Waals surface area (Å²) in [4.78, 5) is 19.1. The first-order valence-corrected chi connectivity index (χ1v) is 10.4. The number of nitrogens with zero attached hydrogens (tertiary/aromatic N) is 4. The number of thiazole rings is 1. The minimum atomic E-state index is -3.99. The van der Waals surface area contributed by atoms with Crippen molar-refractivity contribution in [3.05, 3.63) is 44.9 Å². The molecule has 1 atom stereocenters. The van der Waals surface area contributed by atoms with Gasteiger partial charge in [0.05, 0.1) is 15.9 Å². The maximum atomic E-state index is 11.5. The van der Waals surface area contributed by atoms with Crippen LogP contribution in [0.4, 0.5) is 11.4 Å². The third-order valence-corrected chi connectivity index (χ3v) is 6.34. The lowest BCUT2D eigenvalue weighted by atomic mass is 10.2. The van der Waals surface area contributed by atoms with E-state index in [1.807, 2.05) is 10.3 Å². The molecule has 2 heterocycles. The van der Waals surface area contributed by atoms with E-state index >= 15 is 0 Å². The van der Waals surface area contributed by atoms with Crippen molar-refractivity contribution in [2.24, 2.45) is 5.14 Å². The van der Waals surface area contributed by atoms with Crippen molar-refractivity contribution in [1.82, 2.24) is 9.88 Å². The number of rotatable bonds is 5. The van der Waals surface area contributed by atoms with E-state index < -0.39 is 14.9 Å². The maximum absolute atomic E-state index is 11.5. The predicted octanol–water partition coefficient (Wildman–Crippen LogP) is 1.58. The second-order valence-corrected chi connectivity index (χ2v) is 8.51. The van der Waals surface area contributed by atoms with E-state index in [1.54, 1.807) is 17.5 Å². The topological polar surface area (TPSA) is 123 Å². The first kappa shape index (κ1) is 18.7. The van der Waals surface area contributed by atoms with E-state index in [2.05, 4.69) is 16.8 Å². The zero-order chi connectivity index (χ0) is 18.9. The van der Waals surface area contributed by atoms with Crippen molar-refractivity contribution in [2.45, 2.75) is 17.9 Å². The molecule has 0 bridgehead atoms. The normalized spacial score (nSPS) is 17.2. The highest BCUT2D eigenvalue weighted by Crippen LogP contribution is 2.32. The summed E-state index contributed by atoms with van der Waals surface area (Å²) in [6.07, 6.45) is 1.78. The summed E-state index contributed by atoms with van der Waals surface area (Å²) in [5, 5.41) is 19.5. The average Bonchev–Trinajstić information content (AvgIpc) is 3.14.